The topological polar surface area (TPSA) is 77.1 Å². The summed E-state index contributed by atoms with van der Waals surface area (Å²) in [6.45, 7) is 5.34. The van der Waals surface area contributed by atoms with E-state index in [9.17, 15) is 9.59 Å². The van der Waals surface area contributed by atoms with E-state index in [0.717, 1.165) is 10.2 Å². The zero-order valence-electron chi connectivity index (χ0n) is 11.0. The zero-order valence-corrected chi connectivity index (χ0v) is 11.0. The molecule has 6 nitrogen and oxygen atoms in total. The summed E-state index contributed by atoms with van der Waals surface area (Å²) in [6, 6.07) is 6.94. The van der Waals surface area contributed by atoms with Crippen molar-refractivity contribution >= 4 is 5.97 Å². The predicted molar refractivity (Wildman–Crippen MR) is 69.9 cm³/mol. The average Bonchev–Trinajstić information content (AvgIpc) is 2.68. The highest BCUT2D eigenvalue weighted by molar-refractivity contribution is 5.83. The third-order valence-corrected chi connectivity index (χ3v) is 2.86. The van der Waals surface area contributed by atoms with Crippen molar-refractivity contribution in [1.29, 1.82) is 0 Å². The van der Waals surface area contributed by atoms with Crippen molar-refractivity contribution in [2.75, 3.05) is 0 Å². The molecule has 0 radical (unpaired) electrons. The van der Waals surface area contributed by atoms with Gasteiger partial charge in [0.1, 0.15) is 0 Å². The average molecular weight is 261 g/mol. The largest absolute Gasteiger partial charge is 0.475 e. The lowest BCUT2D eigenvalue weighted by Gasteiger charge is -2.06. The van der Waals surface area contributed by atoms with E-state index in [2.05, 4.69) is 5.10 Å². The summed E-state index contributed by atoms with van der Waals surface area (Å²) >= 11 is 0. The lowest BCUT2D eigenvalue weighted by Crippen LogP contribution is -2.27. The highest BCUT2D eigenvalue weighted by Gasteiger charge is 2.22. The van der Waals surface area contributed by atoms with Gasteiger partial charge in [-0.15, -0.1) is 5.10 Å². The van der Waals surface area contributed by atoms with E-state index in [1.54, 1.807) is 26.0 Å². The van der Waals surface area contributed by atoms with Gasteiger partial charge in [0.25, 0.3) is 0 Å². The minimum absolute atomic E-state index is 0.247. The van der Waals surface area contributed by atoms with E-state index < -0.39 is 11.7 Å². The van der Waals surface area contributed by atoms with E-state index in [4.69, 9.17) is 5.11 Å². The van der Waals surface area contributed by atoms with Crippen LogP contribution < -0.4 is 5.69 Å². The van der Waals surface area contributed by atoms with Crippen molar-refractivity contribution in [2.45, 2.75) is 26.8 Å². The van der Waals surface area contributed by atoms with Crippen molar-refractivity contribution in [3.8, 4) is 5.69 Å². The number of carboxylic acid groups (broad SMARTS) is 1. The summed E-state index contributed by atoms with van der Waals surface area (Å²) in [5.74, 6) is -1.46. The molecule has 0 aliphatic heterocycles. The van der Waals surface area contributed by atoms with E-state index in [-0.39, 0.29) is 11.9 Å². The second-order valence-electron chi connectivity index (χ2n) is 4.57. The van der Waals surface area contributed by atoms with Crippen LogP contribution in [0.1, 0.15) is 36.1 Å². The molecule has 0 spiro atoms. The number of rotatable bonds is 3. The summed E-state index contributed by atoms with van der Waals surface area (Å²) in [5, 5.41) is 13.1. The fourth-order valence-electron chi connectivity index (χ4n) is 1.95. The molecular formula is C13H15N3O3. The van der Waals surface area contributed by atoms with E-state index in [0.29, 0.717) is 5.69 Å². The first-order valence-electron chi connectivity index (χ1n) is 5.94. The molecule has 2 rings (SSSR count). The van der Waals surface area contributed by atoms with Crippen LogP contribution in [0.3, 0.4) is 0 Å². The molecule has 0 unspecified atom stereocenters. The van der Waals surface area contributed by atoms with Gasteiger partial charge in [0.15, 0.2) is 0 Å². The highest BCUT2D eigenvalue weighted by Crippen LogP contribution is 2.12. The number of hydrogen-bond acceptors (Lipinski definition) is 3. The second-order valence-corrected chi connectivity index (χ2v) is 4.57. The number of aryl methyl sites for hydroxylation is 1. The van der Waals surface area contributed by atoms with Gasteiger partial charge < -0.3 is 5.11 Å². The molecule has 100 valence electrons. The van der Waals surface area contributed by atoms with Gasteiger partial charge in [-0.3, -0.25) is 4.57 Å². The number of carboxylic acids is 1. The molecule has 0 aliphatic rings. The molecule has 19 heavy (non-hydrogen) atoms. The van der Waals surface area contributed by atoms with Gasteiger partial charge in [-0.25, -0.2) is 9.59 Å². The molecule has 0 aliphatic carbocycles. The number of hydrogen-bond donors (Lipinski definition) is 1. The Kier molecular flexibility index (Phi) is 3.25. The van der Waals surface area contributed by atoms with E-state index in [1.165, 1.54) is 4.57 Å². The van der Waals surface area contributed by atoms with E-state index >= 15 is 0 Å². The Morgan fingerprint density at radius 3 is 2.42 bits per heavy atom. The number of carbonyl (C=O) groups is 1. The number of nitrogens with zero attached hydrogens (tertiary/aromatic N) is 3. The SMILES string of the molecule is Cc1ccccc1-n1nc(C(=O)O)n(C(C)C)c1=O. The molecule has 1 aromatic carbocycles. The Labute approximate surface area is 109 Å². The monoisotopic (exact) mass is 261 g/mol. The van der Waals surface area contributed by atoms with Crippen molar-refractivity contribution in [2.24, 2.45) is 0 Å². The van der Waals surface area contributed by atoms with Gasteiger partial charge in [-0.1, -0.05) is 18.2 Å². The predicted octanol–water partition coefficient (Wildman–Crippen LogP) is 1.62. The number of benzene rings is 1. The standard InChI is InChI=1S/C13H15N3O3/c1-8(2)15-11(12(17)18)14-16(13(15)19)10-7-5-4-6-9(10)3/h4-8H,1-3H3,(H,17,18). The highest BCUT2D eigenvalue weighted by atomic mass is 16.4. The summed E-state index contributed by atoms with van der Waals surface area (Å²) in [4.78, 5) is 23.5. The molecule has 0 atom stereocenters. The van der Waals surface area contributed by atoms with Gasteiger partial charge in [0.05, 0.1) is 5.69 Å². The zero-order chi connectivity index (χ0) is 14.2. The summed E-state index contributed by atoms with van der Waals surface area (Å²) in [7, 11) is 0. The van der Waals surface area contributed by atoms with Crippen LogP contribution in [0.4, 0.5) is 0 Å². The Balaban J connectivity index is 2.74. The third-order valence-electron chi connectivity index (χ3n) is 2.86. The molecule has 6 heteroatoms. The summed E-state index contributed by atoms with van der Waals surface area (Å²) < 4.78 is 2.31. The van der Waals surface area contributed by atoms with Gasteiger partial charge in [-0.2, -0.15) is 4.68 Å². The number of para-hydroxylation sites is 1. The number of aromatic nitrogens is 3. The van der Waals surface area contributed by atoms with Gasteiger partial charge in [0, 0.05) is 6.04 Å². The second kappa shape index (κ2) is 4.72. The molecule has 1 N–H and O–H groups in total. The smallest absolute Gasteiger partial charge is 0.374 e. The Bertz CT molecular complexity index is 683. The molecule has 0 amide bonds. The molecule has 1 aromatic heterocycles. The maximum atomic E-state index is 12.3. The minimum atomic E-state index is -1.21. The normalized spacial score (nSPS) is 10.9. The van der Waals surface area contributed by atoms with Crippen molar-refractivity contribution < 1.29 is 9.90 Å². The summed E-state index contributed by atoms with van der Waals surface area (Å²) in [5.41, 5.74) is 1.01. The minimum Gasteiger partial charge on any atom is -0.475 e. The fourth-order valence-corrected chi connectivity index (χ4v) is 1.95. The lowest BCUT2D eigenvalue weighted by molar-refractivity contribution is 0.0675. The Morgan fingerprint density at radius 1 is 1.32 bits per heavy atom. The lowest BCUT2D eigenvalue weighted by atomic mass is 10.2. The number of aromatic carboxylic acids is 1. The molecular weight excluding hydrogens is 246 g/mol. The molecule has 0 fully saturated rings. The maximum Gasteiger partial charge on any atom is 0.374 e. The molecule has 0 saturated carbocycles. The Morgan fingerprint density at radius 2 is 1.95 bits per heavy atom. The van der Waals surface area contributed by atoms with Crippen molar-refractivity contribution in [1.82, 2.24) is 14.3 Å². The molecule has 1 heterocycles. The molecule has 0 saturated heterocycles. The van der Waals surface area contributed by atoms with Crippen LogP contribution in [0.2, 0.25) is 0 Å². The maximum absolute atomic E-state index is 12.3. The first-order chi connectivity index (χ1) is 8.93. The van der Waals surface area contributed by atoms with Crippen LogP contribution in [-0.4, -0.2) is 25.4 Å². The first kappa shape index (κ1) is 13.1. The van der Waals surface area contributed by atoms with Crippen LogP contribution in [-0.2, 0) is 0 Å². The van der Waals surface area contributed by atoms with Gasteiger partial charge >= 0.3 is 11.7 Å². The quantitative estimate of drug-likeness (QED) is 0.910. The van der Waals surface area contributed by atoms with E-state index in [1.807, 2.05) is 19.1 Å². The van der Waals surface area contributed by atoms with Crippen molar-refractivity contribution in [3.63, 3.8) is 0 Å². The van der Waals surface area contributed by atoms with Crippen LogP contribution >= 0.6 is 0 Å². The molecule has 0 bridgehead atoms. The van der Waals surface area contributed by atoms with Crippen molar-refractivity contribution in [3.05, 3.63) is 46.1 Å². The molecule has 2 aromatic rings. The summed E-state index contributed by atoms with van der Waals surface area (Å²) in [6.07, 6.45) is 0. The first-order valence-corrected chi connectivity index (χ1v) is 5.94. The third kappa shape index (κ3) is 2.16. The fraction of sp³-hybridized carbons (Fsp3) is 0.308. The van der Waals surface area contributed by atoms with Crippen LogP contribution in [0.25, 0.3) is 5.69 Å². The Hall–Kier alpha value is -2.37. The van der Waals surface area contributed by atoms with Crippen LogP contribution in [0.15, 0.2) is 29.1 Å². The van der Waals surface area contributed by atoms with Gasteiger partial charge in [0.2, 0.25) is 5.82 Å². The van der Waals surface area contributed by atoms with Gasteiger partial charge in [-0.05, 0) is 32.4 Å². The van der Waals surface area contributed by atoms with Crippen LogP contribution in [0, 0.1) is 6.92 Å². The van der Waals surface area contributed by atoms with Crippen LogP contribution in [0.5, 0.6) is 0 Å².